The molecule has 0 bridgehead atoms. The second-order valence-corrected chi connectivity index (χ2v) is 5.15. The van der Waals surface area contributed by atoms with E-state index in [0.29, 0.717) is 5.75 Å². The van der Waals surface area contributed by atoms with Crippen LogP contribution in [0.25, 0.3) is 0 Å². The minimum atomic E-state index is -0.590. The van der Waals surface area contributed by atoms with Crippen molar-refractivity contribution >= 4 is 0 Å². The minimum Gasteiger partial charge on any atom is -0.454 e. The summed E-state index contributed by atoms with van der Waals surface area (Å²) in [5.41, 5.74) is 7.90. The molecule has 1 atom stereocenters. The molecule has 2 aromatic rings. The summed E-state index contributed by atoms with van der Waals surface area (Å²) in [6.07, 6.45) is 1.69. The van der Waals surface area contributed by atoms with E-state index in [0.717, 1.165) is 42.2 Å². The molecule has 0 fully saturated rings. The average molecular weight is 291 g/mol. The Kier molecular flexibility index (Phi) is 4.91. The van der Waals surface area contributed by atoms with Crippen molar-refractivity contribution in [3.05, 3.63) is 59.2 Å². The van der Waals surface area contributed by atoms with Crippen LogP contribution in [0.4, 0.5) is 8.78 Å². The summed E-state index contributed by atoms with van der Waals surface area (Å²) in [6, 6.07) is 8.89. The molecule has 112 valence electrons. The molecule has 0 aliphatic carbocycles. The maximum Gasteiger partial charge on any atom is 0.165 e. The van der Waals surface area contributed by atoms with Crippen molar-refractivity contribution in [2.24, 2.45) is 5.73 Å². The molecule has 0 amide bonds. The maximum atomic E-state index is 13.6. The first kappa shape index (κ1) is 15.4. The number of aryl methyl sites for hydroxylation is 1. The van der Waals surface area contributed by atoms with Crippen LogP contribution in [0.1, 0.15) is 24.5 Å². The Labute approximate surface area is 123 Å². The van der Waals surface area contributed by atoms with Crippen molar-refractivity contribution in [1.82, 2.24) is 0 Å². The third-order valence-corrected chi connectivity index (χ3v) is 3.37. The molecular weight excluding hydrogens is 272 g/mol. The van der Waals surface area contributed by atoms with E-state index in [4.69, 9.17) is 10.5 Å². The second-order valence-electron chi connectivity index (χ2n) is 5.15. The van der Waals surface area contributed by atoms with Crippen molar-refractivity contribution < 1.29 is 13.5 Å². The van der Waals surface area contributed by atoms with Gasteiger partial charge in [-0.3, -0.25) is 0 Å². The Hall–Kier alpha value is -1.94. The maximum absolute atomic E-state index is 13.6. The molecule has 1 unspecified atom stereocenters. The van der Waals surface area contributed by atoms with E-state index in [9.17, 15) is 8.78 Å². The molecule has 0 saturated heterocycles. The Morgan fingerprint density at radius 1 is 1.10 bits per heavy atom. The van der Waals surface area contributed by atoms with E-state index in [1.165, 1.54) is 0 Å². The van der Waals surface area contributed by atoms with Gasteiger partial charge >= 0.3 is 0 Å². The summed E-state index contributed by atoms with van der Waals surface area (Å²) < 4.78 is 32.2. The predicted octanol–water partition coefficient (Wildman–Crippen LogP) is 4.35. The standard InChI is InChI=1S/C17H19F2NO/c1-3-14(20)9-12-4-7-16(11(2)8-12)21-17-10-13(18)5-6-15(17)19/h4-8,10,14H,3,9,20H2,1-2H3. The molecular formula is C17H19F2NO. The average Bonchev–Trinajstić information content (AvgIpc) is 2.45. The van der Waals surface area contributed by atoms with Gasteiger partial charge in [0.2, 0.25) is 0 Å². The molecule has 0 aliphatic rings. The topological polar surface area (TPSA) is 35.2 Å². The molecule has 0 radical (unpaired) electrons. The Morgan fingerprint density at radius 2 is 1.86 bits per heavy atom. The van der Waals surface area contributed by atoms with Crippen LogP contribution in [0.2, 0.25) is 0 Å². The highest BCUT2D eigenvalue weighted by atomic mass is 19.1. The highest BCUT2D eigenvalue weighted by Crippen LogP contribution is 2.28. The van der Waals surface area contributed by atoms with E-state index < -0.39 is 11.6 Å². The molecule has 21 heavy (non-hydrogen) atoms. The van der Waals surface area contributed by atoms with Gasteiger partial charge in [-0.2, -0.15) is 0 Å². The van der Waals surface area contributed by atoms with E-state index >= 15 is 0 Å². The van der Waals surface area contributed by atoms with Crippen LogP contribution in [0.3, 0.4) is 0 Å². The lowest BCUT2D eigenvalue weighted by Crippen LogP contribution is -2.21. The number of rotatable bonds is 5. The van der Waals surface area contributed by atoms with Crippen LogP contribution in [0.5, 0.6) is 11.5 Å². The normalized spacial score (nSPS) is 12.2. The van der Waals surface area contributed by atoms with Crippen LogP contribution in [0, 0.1) is 18.6 Å². The summed E-state index contributed by atoms with van der Waals surface area (Å²) in [6.45, 7) is 3.91. The van der Waals surface area contributed by atoms with Gasteiger partial charge in [0.25, 0.3) is 0 Å². The summed E-state index contributed by atoms with van der Waals surface area (Å²) in [5.74, 6) is -0.730. The van der Waals surface area contributed by atoms with Gasteiger partial charge in [0.1, 0.15) is 11.6 Å². The van der Waals surface area contributed by atoms with Gasteiger partial charge < -0.3 is 10.5 Å². The van der Waals surface area contributed by atoms with E-state index in [2.05, 4.69) is 0 Å². The molecule has 0 saturated carbocycles. The van der Waals surface area contributed by atoms with Gasteiger partial charge in [-0.15, -0.1) is 0 Å². The van der Waals surface area contributed by atoms with Crippen LogP contribution in [-0.2, 0) is 6.42 Å². The second kappa shape index (κ2) is 6.68. The molecule has 4 heteroatoms. The van der Waals surface area contributed by atoms with Crippen LogP contribution >= 0.6 is 0 Å². The van der Waals surface area contributed by atoms with Gasteiger partial charge in [0.05, 0.1) is 0 Å². The van der Waals surface area contributed by atoms with Crippen molar-refractivity contribution in [1.29, 1.82) is 0 Å². The first-order valence-corrected chi connectivity index (χ1v) is 6.97. The van der Waals surface area contributed by atoms with E-state index in [1.807, 2.05) is 26.0 Å². The summed E-state index contributed by atoms with van der Waals surface area (Å²) in [7, 11) is 0. The zero-order valence-corrected chi connectivity index (χ0v) is 12.2. The number of hydrogen-bond acceptors (Lipinski definition) is 2. The minimum absolute atomic E-state index is 0.115. The molecule has 2 aromatic carbocycles. The zero-order valence-electron chi connectivity index (χ0n) is 12.2. The van der Waals surface area contributed by atoms with Gasteiger partial charge in [-0.25, -0.2) is 8.78 Å². The van der Waals surface area contributed by atoms with Crippen LogP contribution in [0.15, 0.2) is 36.4 Å². The monoisotopic (exact) mass is 291 g/mol. The fraction of sp³-hybridized carbons (Fsp3) is 0.294. The first-order chi connectivity index (χ1) is 9.99. The van der Waals surface area contributed by atoms with Gasteiger partial charge in [-0.05, 0) is 49.1 Å². The largest absolute Gasteiger partial charge is 0.454 e. The first-order valence-electron chi connectivity index (χ1n) is 6.97. The molecule has 2 rings (SSSR count). The fourth-order valence-corrected chi connectivity index (χ4v) is 2.07. The molecule has 0 heterocycles. The predicted molar refractivity (Wildman–Crippen MR) is 79.6 cm³/mol. The van der Waals surface area contributed by atoms with Crippen molar-refractivity contribution in [3.8, 4) is 11.5 Å². The smallest absolute Gasteiger partial charge is 0.165 e. The number of ether oxygens (including phenoxy) is 1. The number of nitrogens with two attached hydrogens (primary N) is 1. The number of hydrogen-bond donors (Lipinski definition) is 1. The molecule has 0 aromatic heterocycles. The van der Waals surface area contributed by atoms with E-state index in [1.54, 1.807) is 6.07 Å². The lowest BCUT2D eigenvalue weighted by Gasteiger charge is -2.13. The quantitative estimate of drug-likeness (QED) is 0.889. The van der Waals surface area contributed by atoms with Gasteiger partial charge in [0.15, 0.2) is 11.6 Å². The summed E-state index contributed by atoms with van der Waals surface area (Å²) >= 11 is 0. The number of benzene rings is 2. The lowest BCUT2D eigenvalue weighted by molar-refractivity contribution is 0.433. The summed E-state index contributed by atoms with van der Waals surface area (Å²) in [5, 5.41) is 0. The van der Waals surface area contributed by atoms with Crippen LogP contribution < -0.4 is 10.5 Å². The molecule has 2 nitrogen and oxygen atoms in total. The van der Waals surface area contributed by atoms with Crippen molar-refractivity contribution in [2.75, 3.05) is 0 Å². The van der Waals surface area contributed by atoms with Gasteiger partial charge in [-0.1, -0.05) is 19.1 Å². The van der Waals surface area contributed by atoms with Gasteiger partial charge in [0, 0.05) is 12.1 Å². The molecule has 0 aliphatic heterocycles. The Bertz CT molecular complexity index is 628. The third kappa shape index (κ3) is 4.02. The van der Waals surface area contributed by atoms with Crippen LogP contribution in [-0.4, -0.2) is 6.04 Å². The highest BCUT2D eigenvalue weighted by molar-refractivity contribution is 5.40. The van der Waals surface area contributed by atoms with Crippen molar-refractivity contribution in [3.63, 3.8) is 0 Å². The number of halogens is 2. The summed E-state index contributed by atoms with van der Waals surface area (Å²) in [4.78, 5) is 0. The lowest BCUT2D eigenvalue weighted by atomic mass is 10.0. The van der Waals surface area contributed by atoms with E-state index in [-0.39, 0.29) is 11.8 Å². The third-order valence-electron chi connectivity index (χ3n) is 3.37. The highest BCUT2D eigenvalue weighted by Gasteiger charge is 2.09. The van der Waals surface area contributed by atoms with Crippen molar-refractivity contribution in [2.45, 2.75) is 32.7 Å². The molecule has 0 spiro atoms. The Morgan fingerprint density at radius 3 is 2.52 bits per heavy atom. The molecule has 2 N–H and O–H groups in total. The Balaban J connectivity index is 2.19. The SMILES string of the molecule is CCC(N)Cc1ccc(Oc2cc(F)ccc2F)c(C)c1. The fourth-order valence-electron chi connectivity index (χ4n) is 2.07. The zero-order chi connectivity index (χ0) is 15.4.